The Hall–Kier alpha value is -1.23. The molecule has 0 unspecified atom stereocenters. The van der Waals surface area contributed by atoms with E-state index in [2.05, 4.69) is 20.8 Å². The van der Waals surface area contributed by atoms with Crippen molar-refractivity contribution in [3.63, 3.8) is 0 Å². The molecule has 0 spiro atoms. The van der Waals surface area contributed by atoms with E-state index in [-0.39, 0.29) is 18.1 Å². The number of nitrogens with zero attached hydrogens (tertiary/aromatic N) is 1. The number of hydrogen-bond donors (Lipinski definition) is 0. The summed E-state index contributed by atoms with van der Waals surface area (Å²) in [6.45, 7) is 7.63. The smallest absolute Gasteiger partial charge is 0.390 e. The van der Waals surface area contributed by atoms with Crippen LogP contribution in [0.2, 0.25) is 0 Å². The van der Waals surface area contributed by atoms with E-state index in [1.54, 1.807) is 4.90 Å². The Labute approximate surface area is 123 Å². The van der Waals surface area contributed by atoms with Gasteiger partial charge < -0.3 is 4.74 Å². The number of halogens is 3. The van der Waals surface area contributed by atoms with E-state index in [0.717, 1.165) is 5.75 Å². The fraction of sp³-hybridized carbons (Fsp3) is 0.625. The number of ether oxygens (including phenoxy) is 1. The molecule has 1 saturated heterocycles. The molecule has 0 aromatic heterocycles. The number of alkyl halides is 3. The van der Waals surface area contributed by atoms with Crippen LogP contribution in [-0.4, -0.2) is 36.8 Å². The molecular weight excluding hydrogens is 279 g/mol. The van der Waals surface area contributed by atoms with Gasteiger partial charge in [0.25, 0.3) is 0 Å². The van der Waals surface area contributed by atoms with Crippen LogP contribution in [0, 0.1) is 0 Å². The van der Waals surface area contributed by atoms with Crippen LogP contribution >= 0.6 is 0 Å². The maximum Gasteiger partial charge on any atom is 0.390 e. The molecule has 21 heavy (non-hydrogen) atoms. The zero-order valence-electron chi connectivity index (χ0n) is 12.7. The van der Waals surface area contributed by atoms with Gasteiger partial charge in [0.1, 0.15) is 11.9 Å². The van der Waals surface area contributed by atoms with Gasteiger partial charge in [0.2, 0.25) is 0 Å². The monoisotopic (exact) mass is 301 g/mol. The number of hydrogen-bond acceptors (Lipinski definition) is 2. The van der Waals surface area contributed by atoms with E-state index < -0.39 is 12.6 Å². The van der Waals surface area contributed by atoms with Crippen LogP contribution in [0.4, 0.5) is 13.2 Å². The second-order valence-corrected chi connectivity index (χ2v) is 6.64. The van der Waals surface area contributed by atoms with Crippen LogP contribution in [0.15, 0.2) is 24.3 Å². The maximum atomic E-state index is 12.1. The van der Waals surface area contributed by atoms with Gasteiger partial charge in [-0.1, -0.05) is 32.9 Å². The molecule has 0 N–H and O–H groups in total. The van der Waals surface area contributed by atoms with E-state index in [4.69, 9.17) is 4.74 Å². The molecule has 1 fully saturated rings. The lowest BCUT2D eigenvalue weighted by Gasteiger charge is -2.39. The van der Waals surface area contributed by atoms with Crippen molar-refractivity contribution in [2.24, 2.45) is 0 Å². The topological polar surface area (TPSA) is 12.5 Å². The molecule has 5 heteroatoms. The molecule has 2 nitrogen and oxygen atoms in total. The summed E-state index contributed by atoms with van der Waals surface area (Å²) in [5.41, 5.74) is 1.33. The van der Waals surface area contributed by atoms with Gasteiger partial charge in [-0.3, -0.25) is 4.90 Å². The van der Waals surface area contributed by atoms with Crippen molar-refractivity contribution in [2.75, 3.05) is 19.6 Å². The highest BCUT2D eigenvalue weighted by Gasteiger charge is 2.33. The van der Waals surface area contributed by atoms with Gasteiger partial charge >= 0.3 is 6.18 Å². The number of benzene rings is 1. The fourth-order valence-electron chi connectivity index (χ4n) is 2.29. The first kappa shape index (κ1) is 16.1. The summed E-state index contributed by atoms with van der Waals surface area (Å²) in [4.78, 5) is 1.77. The van der Waals surface area contributed by atoms with Gasteiger partial charge in [0.05, 0.1) is 6.42 Å². The molecule has 0 radical (unpaired) electrons. The largest absolute Gasteiger partial charge is 0.488 e. The van der Waals surface area contributed by atoms with E-state index in [9.17, 15) is 13.2 Å². The molecule has 0 aliphatic carbocycles. The number of likely N-dealkylation sites (tertiary alicyclic amines) is 1. The summed E-state index contributed by atoms with van der Waals surface area (Å²) in [6, 6.07) is 7.93. The lowest BCUT2D eigenvalue weighted by molar-refractivity contribution is -0.142. The predicted molar refractivity (Wildman–Crippen MR) is 76.7 cm³/mol. The lowest BCUT2D eigenvalue weighted by atomic mass is 9.87. The standard InChI is InChI=1S/C16H22F3NO/c1-15(2,3)12-4-6-13(7-5-12)21-14-10-20(11-14)9-8-16(17,18)19/h4-7,14H,8-11H2,1-3H3. The minimum Gasteiger partial charge on any atom is -0.488 e. The van der Waals surface area contributed by atoms with Crippen LogP contribution in [-0.2, 0) is 5.41 Å². The zero-order valence-corrected chi connectivity index (χ0v) is 12.7. The van der Waals surface area contributed by atoms with E-state index in [1.165, 1.54) is 5.56 Å². The van der Waals surface area contributed by atoms with Crippen LogP contribution in [0.3, 0.4) is 0 Å². The average molecular weight is 301 g/mol. The SMILES string of the molecule is CC(C)(C)c1ccc(OC2CN(CCC(F)(F)F)C2)cc1. The third-order valence-corrected chi connectivity index (χ3v) is 3.66. The summed E-state index contributed by atoms with van der Waals surface area (Å²) < 4.78 is 42.0. The van der Waals surface area contributed by atoms with Crippen molar-refractivity contribution in [3.05, 3.63) is 29.8 Å². The highest BCUT2D eigenvalue weighted by molar-refractivity contribution is 5.31. The molecule has 1 heterocycles. The van der Waals surface area contributed by atoms with Crippen molar-refractivity contribution in [3.8, 4) is 5.75 Å². The number of rotatable bonds is 4. The van der Waals surface area contributed by atoms with Crippen LogP contribution in [0.5, 0.6) is 5.75 Å². The van der Waals surface area contributed by atoms with E-state index in [0.29, 0.717) is 13.1 Å². The molecule has 0 atom stereocenters. The molecule has 0 saturated carbocycles. The summed E-state index contributed by atoms with van der Waals surface area (Å²) in [5, 5.41) is 0. The Morgan fingerprint density at radius 3 is 2.14 bits per heavy atom. The molecule has 0 amide bonds. The minimum absolute atomic E-state index is 0.00118. The lowest BCUT2D eigenvalue weighted by Crippen LogP contribution is -2.54. The molecule has 118 valence electrons. The van der Waals surface area contributed by atoms with E-state index >= 15 is 0 Å². The Balaban J connectivity index is 1.75. The highest BCUT2D eigenvalue weighted by Crippen LogP contribution is 2.26. The van der Waals surface area contributed by atoms with Crippen LogP contribution < -0.4 is 4.74 Å². The molecule has 0 bridgehead atoms. The normalized spacial score (nSPS) is 17.6. The van der Waals surface area contributed by atoms with Gasteiger partial charge in [-0.05, 0) is 23.1 Å². The fourth-order valence-corrected chi connectivity index (χ4v) is 2.29. The van der Waals surface area contributed by atoms with Crippen molar-refractivity contribution >= 4 is 0 Å². The Morgan fingerprint density at radius 1 is 1.10 bits per heavy atom. The quantitative estimate of drug-likeness (QED) is 0.833. The zero-order chi connectivity index (χ0) is 15.7. The first-order valence-corrected chi connectivity index (χ1v) is 7.20. The molecule has 1 aliphatic heterocycles. The molecule has 1 aliphatic rings. The maximum absolute atomic E-state index is 12.1. The van der Waals surface area contributed by atoms with Gasteiger partial charge in [-0.25, -0.2) is 0 Å². The van der Waals surface area contributed by atoms with Crippen molar-refractivity contribution < 1.29 is 17.9 Å². The van der Waals surface area contributed by atoms with Gasteiger partial charge in [0.15, 0.2) is 0 Å². The van der Waals surface area contributed by atoms with E-state index in [1.807, 2.05) is 24.3 Å². The third-order valence-electron chi connectivity index (χ3n) is 3.66. The Bertz CT molecular complexity index is 456. The first-order valence-electron chi connectivity index (χ1n) is 7.20. The molecule has 2 rings (SSSR count). The van der Waals surface area contributed by atoms with Crippen molar-refractivity contribution in [1.82, 2.24) is 4.90 Å². The molecule has 1 aromatic carbocycles. The predicted octanol–water partition coefficient (Wildman–Crippen LogP) is 4.00. The average Bonchev–Trinajstić information content (AvgIpc) is 2.30. The van der Waals surface area contributed by atoms with Gasteiger partial charge in [-0.2, -0.15) is 13.2 Å². The van der Waals surface area contributed by atoms with Crippen molar-refractivity contribution in [2.45, 2.75) is 44.9 Å². The van der Waals surface area contributed by atoms with Crippen LogP contribution in [0.1, 0.15) is 32.8 Å². The van der Waals surface area contributed by atoms with Gasteiger partial charge in [-0.15, -0.1) is 0 Å². The summed E-state index contributed by atoms with van der Waals surface area (Å²) >= 11 is 0. The third kappa shape index (κ3) is 4.92. The summed E-state index contributed by atoms with van der Waals surface area (Å²) in [7, 11) is 0. The minimum atomic E-state index is -4.07. The summed E-state index contributed by atoms with van der Waals surface area (Å²) in [5.74, 6) is 0.781. The van der Waals surface area contributed by atoms with Crippen molar-refractivity contribution in [1.29, 1.82) is 0 Å². The molecule has 1 aromatic rings. The Morgan fingerprint density at radius 2 is 1.67 bits per heavy atom. The summed E-state index contributed by atoms with van der Waals surface area (Å²) in [6.07, 6.45) is -4.83. The van der Waals surface area contributed by atoms with Crippen LogP contribution in [0.25, 0.3) is 0 Å². The molecular formula is C16H22F3NO. The van der Waals surface area contributed by atoms with Gasteiger partial charge in [0, 0.05) is 19.6 Å². The second kappa shape index (κ2) is 5.87. The first-order chi connectivity index (χ1) is 9.63. The second-order valence-electron chi connectivity index (χ2n) is 6.64. The highest BCUT2D eigenvalue weighted by atomic mass is 19.4. The Kier molecular flexibility index (Phi) is 4.51.